The van der Waals surface area contributed by atoms with E-state index >= 15 is 0 Å². The Bertz CT molecular complexity index is 550. The van der Waals surface area contributed by atoms with Crippen molar-refractivity contribution in [1.29, 1.82) is 0 Å². The monoisotopic (exact) mass is 284 g/mol. The van der Waals surface area contributed by atoms with Gasteiger partial charge in [0.1, 0.15) is 10.4 Å². The van der Waals surface area contributed by atoms with Crippen LogP contribution in [0, 0.1) is 0 Å². The third kappa shape index (κ3) is 1.81. The first-order valence-corrected chi connectivity index (χ1v) is 5.43. The Hall–Kier alpha value is -1.40. The second-order valence-corrected chi connectivity index (χ2v) is 4.02. The molecule has 0 spiro atoms. The van der Waals surface area contributed by atoms with E-state index in [1.54, 1.807) is 10.5 Å². The van der Waals surface area contributed by atoms with Gasteiger partial charge in [-0.3, -0.25) is 0 Å². The molecule has 84 valence electrons. The van der Waals surface area contributed by atoms with E-state index in [0.29, 0.717) is 16.8 Å². The number of aromatic nitrogens is 2. The predicted octanol–water partition coefficient (Wildman–Crippen LogP) is 1.33. The van der Waals surface area contributed by atoms with Gasteiger partial charge in [0.2, 0.25) is 0 Å². The molecule has 0 amide bonds. The number of aliphatic hydroxyl groups excluding tert-OH is 1. The van der Waals surface area contributed by atoms with Gasteiger partial charge in [-0.25, -0.2) is 9.78 Å². The summed E-state index contributed by atoms with van der Waals surface area (Å²) >= 11 is 3.29. The number of hydrogen-bond donors (Lipinski definition) is 2. The molecule has 6 heteroatoms. The third-order valence-corrected chi connectivity index (χ3v) is 2.83. The van der Waals surface area contributed by atoms with Gasteiger partial charge >= 0.3 is 5.97 Å². The molecule has 0 aromatic carbocycles. The van der Waals surface area contributed by atoms with Gasteiger partial charge in [0.15, 0.2) is 0 Å². The highest BCUT2D eigenvalue weighted by Crippen LogP contribution is 2.20. The largest absolute Gasteiger partial charge is 0.478 e. The lowest BCUT2D eigenvalue weighted by Crippen LogP contribution is -2.02. The molecule has 0 radical (unpaired) electrons. The van der Waals surface area contributed by atoms with Crippen LogP contribution < -0.4 is 0 Å². The Balaban J connectivity index is 2.64. The summed E-state index contributed by atoms with van der Waals surface area (Å²) in [7, 11) is 0. The molecule has 2 N–H and O–H groups in total. The normalized spacial score (nSPS) is 10.9. The summed E-state index contributed by atoms with van der Waals surface area (Å²) in [6.07, 6.45) is 1.89. The number of fused-ring (bicyclic) bond motifs is 1. The molecule has 2 rings (SSSR count). The van der Waals surface area contributed by atoms with E-state index < -0.39 is 5.97 Å². The Kier molecular flexibility index (Phi) is 2.93. The number of nitrogens with zero attached hydrogens (tertiary/aromatic N) is 2. The summed E-state index contributed by atoms with van der Waals surface area (Å²) in [5.74, 6) is -0.353. The number of aliphatic hydroxyl groups is 1. The summed E-state index contributed by atoms with van der Waals surface area (Å²) in [5, 5.41) is 17.8. The number of halogens is 1. The van der Waals surface area contributed by atoms with Gasteiger partial charge in [-0.1, -0.05) is 0 Å². The van der Waals surface area contributed by atoms with E-state index in [-0.39, 0.29) is 12.2 Å². The van der Waals surface area contributed by atoms with Gasteiger partial charge in [-0.05, 0) is 28.1 Å². The van der Waals surface area contributed by atoms with Crippen LogP contribution >= 0.6 is 15.9 Å². The third-order valence-electron chi connectivity index (χ3n) is 2.25. The highest BCUT2D eigenvalue weighted by Gasteiger charge is 2.11. The van der Waals surface area contributed by atoms with Gasteiger partial charge in [0.05, 0.1) is 17.7 Å². The molecule has 0 aliphatic heterocycles. The summed E-state index contributed by atoms with van der Waals surface area (Å²) < 4.78 is 2.32. The minimum atomic E-state index is -0.985. The lowest BCUT2D eigenvalue weighted by molar-refractivity contribution is 0.0696. The average molecular weight is 285 g/mol. The van der Waals surface area contributed by atoms with E-state index in [4.69, 9.17) is 10.2 Å². The lowest BCUT2D eigenvalue weighted by Gasteiger charge is -2.00. The quantitative estimate of drug-likeness (QED) is 0.892. The molecule has 2 aromatic rings. The van der Waals surface area contributed by atoms with E-state index in [0.717, 1.165) is 5.52 Å². The van der Waals surface area contributed by atoms with Crippen LogP contribution in [0.3, 0.4) is 0 Å². The molecule has 2 aromatic heterocycles. The maximum absolute atomic E-state index is 10.8. The second-order valence-electron chi connectivity index (χ2n) is 3.27. The van der Waals surface area contributed by atoms with Gasteiger partial charge < -0.3 is 14.6 Å². The minimum Gasteiger partial charge on any atom is -0.478 e. The standard InChI is InChI=1S/C10H9BrN2O3/c11-9-7-2-1-6(10(15)16)5-13(7)8(12-9)3-4-14/h1-2,5,14H,3-4H2,(H,15,16). The highest BCUT2D eigenvalue weighted by atomic mass is 79.9. The summed E-state index contributed by atoms with van der Waals surface area (Å²) in [6.45, 7) is -0.0249. The zero-order valence-corrected chi connectivity index (χ0v) is 9.81. The Morgan fingerprint density at radius 1 is 1.50 bits per heavy atom. The van der Waals surface area contributed by atoms with Crippen LogP contribution in [-0.4, -0.2) is 32.2 Å². The number of carbonyl (C=O) groups is 1. The number of pyridine rings is 1. The zero-order chi connectivity index (χ0) is 11.7. The van der Waals surface area contributed by atoms with Crippen LogP contribution in [0.25, 0.3) is 5.52 Å². The van der Waals surface area contributed by atoms with Crippen molar-refractivity contribution in [2.45, 2.75) is 6.42 Å². The smallest absolute Gasteiger partial charge is 0.337 e. The van der Waals surface area contributed by atoms with Gasteiger partial charge in [-0.15, -0.1) is 0 Å². The van der Waals surface area contributed by atoms with E-state index in [9.17, 15) is 4.79 Å². The molecule has 0 atom stereocenters. The van der Waals surface area contributed by atoms with Crippen molar-refractivity contribution in [3.8, 4) is 0 Å². The van der Waals surface area contributed by atoms with Crippen molar-refractivity contribution in [3.63, 3.8) is 0 Å². The van der Waals surface area contributed by atoms with Crippen molar-refractivity contribution < 1.29 is 15.0 Å². The number of aromatic carboxylic acids is 1. The van der Waals surface area contributed by atoms with Crippen molar-refractivity contribution in [2.24, 2.45) is 0 Å². The second kappa shape index (κ2) is 4.23. The van der Waals surface area contributed by atoms with Gasteiger partial charge in [-0.2, -0.15) is 0 Å². The maximum atomic E-state index is 10.8. The molecule has 0 unspecified atom stereocenters. The SMILES string of the molecule is O=C(O)c1ccc2c(Br)nc(CCO)n2c1. The fourth-order valence-electron chi connectivity index (χ4n) is 1.51. The highest BCUT2D eigenvalue weighted by molar-refractivity contribution is 9.10. The molecule has 0 saturated carbocycles. The van der Waals surface area contributed by atoms with Crippen LogP contribution in [0.4, 0.5) is 0 Å². The molecule has 0 fully saturated rings. The van der Waals surface area contributed by atoms with Crippen molar-refractivity contribution in [1.82, 2.24) is 9.38 Å². The molecule has 16 heavy (non-hydrogen) atoms. The summed E-state index contributed by atoms with van der Waals surface area (Å²) in [6, 6.07) is 3.20. The van der Waals surface area contributed by atoms with Crippen molar-refractivity contribution in [3.05, 3.63) is 34.3 Å². The lowest BCUT2D eigenvalue weighted by atomic mass is 10.3. The maximum Gasteiger partial charge on any atom is 0.337 e. The summed E-state index contributed by atoms with van der Waals surface area (Å²) in [4.78, 5) is 15.0. The molecular weight excluding hydrogens is 276 g/mol. The van der Waals surface area contributed by atoms with E-state index in [1.807, 2.05) is 0 Å². The Labute approximate surface area is 99.5 Å². The molecule has 0 saturated heterocycles. The first kappa shape index (κ1) is 11.1. The van der Waals surface area contributed by atoms with Crippen molar-refractivity contribution >= 4 is 27.4 Å². The number of hydrogen-bond acceptors (Lipinski definition) is 3. The Morgan fingerprint density at radius 2 is 2.25 bits per heavy atom. The summed E-state index contributed by atoms with van der Waals surface area (Å²) in [5.41, 5.74) is 0.977. The molecule has 0 aliphatic carbocycles. The topological polar surface area (TPSA) is 74.8 Å². The van der Waals surface area contributed by atoms with Gasteiger partial charge in [0.25, 0.3) is 0 Å². The molecule has 0 bridgehead atoms. The molecule has 0 aliphatic rings. The van der Waals surface area contributed by atoms with Crippen LogP contribution in [0.5, 0.6) is 0 Å². The van der Waals surface area contributed by atoms with E-state index in [1.165, 1.54) is 12.3 Å². The zero-order valence-electron chi connectivity index (χ0n) is 8.22. The van der Waals surface area contributed by atoms with Crippen LogP contribution in [0.2, 0.25) is 0 Å². The average Bonchev–Trinajstić information content (AvgIpc) is 2.56. The molecule has 2 heterocycles. The van der Waals surface area contributed by atoms with Crippen LogP contribution in [-0.2, 0) is 6.42 Å². The fraction of sp³-hybridized carbons (Fsp3) is 0.200. The van der Waals surface area contributed by atoms with E-state index in [2.05, 4.69) is 20.9 Å². The number of carboxylic acids is 1. The van der Waals surface area contributed by atoms with Crippen LogP contribution in [0.1, 0.15) is 16.2 Å². The number of imidazole rings is 1. The first-order chi connectivity index (χ1) is 7.63. The minimum absolute atomic E-state index is 0.0249. The predicted molar refractivity (Wildman–Crippen MR) is 60.6 cm³/mol. The molecular formula is C10H9BrN2O3. The first-order valence-electron chi connectivity index (χ1n) is 4.64. The number of carboxylic acid groups (broad SMARTS) is 1. The van der Waals surface area contributed by atoms with Crippen LogP contribution in [0.15, 0.2) is 22.9 Å². The fourth-order valence-corrected chi connectivity index (χ4v) is 2.04. The molecule has 5 nitrogen and oxygen atoms in total. The van der Waals surface area contributed by atoms with Gasteiger partial charge in [0, 0.05) is 12.6 Å². The number of rotatable bonds is 3. The Morgan fingerprint density at radius 3 is 2.88 bits per heavy atom. The van der Waals surface area contributed by atoms with Crippen molar-refractivity contribution in [2.75, 3.05) is 6.61 Å².